The minimum atomic E-state index is 0.0446. The lowest BCUT2D eigenvalue weighted by Crippen LogP contribution is -2.39. The maximum Gasteiger partial charge on any atom is 0.180 e. The van der Waals surface area contributed by atoms with Crippen LogP contribution in [0.4, 0.5) is 0 Å². The lowest BCUT2D eigenvalue weighted by atomic mass is 10.00. The Hall–Kier alpha value is -1.10. The third kappa shape index (κ3) is 3.14. The molecule has 1 aromatic rings. The van der Waals surface area contributed by atoms with Crippen molar-refractivity contribution in [2.75, 3.05) is 40.0 Å². The highest BCUT2D eigenvalue weighted by molar-refractivity contribution is 6.32. The Kier molecular flexibility index (Phi) is 5.02. The smallest absolute Gasteiger partial charge is 0.180 e. The van der Waals surface area contributed by atoms with E-state index >= 15 is 0 Å². The molecule has 0 radical (unpaired) electrons. The molecule has 1 fully saturated rings. The first kappa shape index (κ1) is 15.3. The molecule has 0 spiro atoms. The maximum absolute atomic E-state index is 12.6. The molecule has 110 valence electrons. The number of rotatable bonds is 4. The Labute approximate surface area is 124 Å². The summed E-state index contributed by atoms with van der Waals surface area (Å²) in [5, 5.41) is 0.635. The van der Waals surface area contributed by atoms with Gasteiger partial charge in [0.05, 0.1) is 32.4 Å². The second-order valence-corrected chi connectivity index (χ2v) is 5.40. The van der Waals surface area contributed by atoms with E-state index in [0.717, 1.165) is 24.2 Å². The molecule has 1 aliphatic rings. The lowest BCUT2D eigenvalue weighted by Gasteiger charge is -2.26. The van der Waals surface area contributed by atoms with Crippen molar-refractivity contribution in [1.82, 2.24) is 4.90 Å². The summed E-state index contributed by atoms with van der Waals surface area (Å²) < 4.78 is 10.6. The molecule has 0 unspecified atom stereocenters. The van der Waals surface area contributed by atoms with E-state index in [4.69, 9.17) is 21.1 Å². The number of nitrogens with zero attached hydrogens (tertiary/aromatic N) is 1. The molecule has 2 rings (SSSR count). The summed E-state index contributed by atoms with van der Waals surface area (Å²) in [6, 6.07) is 1.82. The number of hydrogen-bond donors (Lipinski definition) is 0. The fraction of sp³-hybridized carbons (Fsp3) is 0.533. The van der Waals surface area contributed by atoms with Crippen molar-refractivity contribution < 1.29 is 14.3 Å². The molecule has 0 aliphatic carbocycles. The summed E-state index contributed by atoms with van der Waals surface area (Å²) in [6.45, 7) is 7.08. The van der Waals surface area contributed by atoms with Gasteiger partial charge in [0.25, 0.3) is 0 Å². The highest BCUT2D eigenvalue weighted by atomic mass is 35.5. The molecule has 0 N–H and O–H groups in total. The summed E-state index contributed by atoms with van der Waals surface area (Å²) in [5.41, 5.74) is 2.31. The van der Waals surface area contributed by atoms with E-state index in [2.05, 4.69) is 4.90 Å². The molecule has 20 heavy (non-hydrogen) atoms. The van der Waals surface area contributed by atoms with Gasteiger partial charge in [0.1, 0.15) is 5.75 Å². The summed E-state index contributed by atoms with van der Waals surface area (Å²) in [7, 11) is 1.58. The molecule has 5 heteroatoms. The quantitative estimate of drug-likeness (QED) is 0.801. The van der Waals surface area contributed by atoms with Crippen molar-refractivity contribution in [3.8, 4) is 5.75 Å². The molecule has 0 bridgehead atoms. The standard InChI is InChI=1S/C15H20ClNO3/c1-10-8-13(19-3)14(11(2)15(10)16)12(18)9-17-4-6-20-7-5-17/h8H,4-7,9H2,1-3H3. The normalized spacial score (nSPS) is 16.2. The van der Waals surface area contributed by atoms with Crippen LogP contribution in [0.25, 0.3) is 0 Å². The van der Waals surface area contributed by atoms with Crippen LogP contribution in [0.1, 0.15) is 21.5 Å². The van der Waals surface area contributed by atoms with Crippen LogP contribution in [0, 0.1) is 13.8 Å². The van der Waals surface area contributed by atoms with Gasteiger partial charge in [0.2, 0.25) is 0 Å². The minimum absolute atomic E-state index is 0.0446. The van der Waals surface area contributed by atoms with Crippen LogP contribution < -0.4 is 4.74 Å². The van der Waals surface area contributed by atoms with Crippen LogP contribution in [0.3, 0.4) is 0 Å². The van der Waals surface area contributed by atoms with Gasteiger partial charge < -0.3 is 9.47 Å². The van der Waals surface area contributed by atoms with Crippen molar-refractivity contribution in [3.05, 3.63) is 27.8 Å². The third-order valence-corrected chi connectivity index (χ3v) is 4.20. The average Bonchev–Trinajstić information content (AvgIpc) is 2.45. The van der Waals surface area contributed by atoms with Crippen LogP contribution in [-0.2, 0) is 4.74 Å². The average molecular weight is 298 g/mol. The van der Waals surface area contributed by atoms with Crippen LogP contribution in [0.15, 0.2) is 6.07 Å². The maximum atomic E-state index is 12.6. The molecular formula is C15H20ClNO3. The van der Waals surface area contributed by atoms with Gasteiger partial charge in [-0.05, 0) is 31.0 Å². The van der Waals surface area contributed by atoms with Gasteiger partial charge in [-0.2, -0.15) is 0 Å². The first-order valence-corrected chi connectivity index (χ1v) is 7.09. The van der Waals surface area contributed by atoms with E-state index in [1.165, 1.54) is 0 Å². The monoisotopic (exact) mass is 297 g/mol. The van der Waals surface area contributed by atoms with Gasteiger partial charge in [-0.1, -0.05) is 11.6 Å². The molecular weight excluding hydrogens is 278 g/mol. The topological polar surface area (TPSA) is 38.8 Å². The van der Waals surface area contributed by atoms with Crippen LogP contribution in [-0.4, -0.2) is 50.6 Å². The van der Waals surface area contributed by atoms with Gasteiger partial charge in [0.15, 0.2) is 5.78 Å². The Morgan fingerprint density at radius 1 is 1.40 bits per heavy atom. The lowest BCUT2D eigenvalue weighted by molar-refractivity contribution is 0.0370. The highest BCUT2D eigenvalue weighted by Crippen LogP contribution is 2.32. The number of benzene rings is 1. The number of morpholine rings is 1. The molecule has 1 heterocycles. The Morgan fingerprint density at radius 2 is 2.05 bits per heavy atom. The zero-order chi connectivity index (χ0) is 14.7. The summed E-state index contributed by atoms with van der Waals surface area (Å²) in [4.78, 5) is 14.7. The van der Waals surface area contributed by atoms with Crippen molar-refractivity contribution in [3.63, 3.8) is 0 Å². The van der Waals surface area contributed by atoms with E-state index in [1.54, 1.807) is 7.11 Å². The van der Waals surface area contributed by atoms with Crippen molar-refractivity contribution in [2.24, 2.45) is 0 Å². The Morgan fingerprint density at radius 3 is 2.65 bits per heavy atom. The minimum Gasteiger partial charge on any atom is -0.496 e. The summed E-state index contributed by atoms with van der Waals surface area (Å²) in [5.74, 6) is 0.644. The van der Waals surface area contributed by atoms with Crippen LogP contribution >= 0.6 is 11.6 Å². The third-order valence-electron chi connectivity index (χ3n) is 3.61. The molecule has 0 saturated carbocycles. The second-order valence-electron chi connectivity index (χ2n) is 5.02. The molecule has 1 saturated heterocycles. The van der Waals surface area contributed by atoms with E-state index in [-0.39, 0.29) is 5.78 Å². The SMILES string of the molecule is COc1cc(C)c(Cl)c(C)c1C(=O)CN1CCOCC1. The highest BCUT2D eigenvalue weighted by Gasteiger charge is 2.22. The molecule has 0 atom stereocenters. The fourth-order valence-corrected chi connectivity index (χ4v) is 2.62. The number of ether oxygens (including phenoxy) is 2. The Bertz CT molecular complexity index is 510. The number of aryl methyl sites for hydroxylation is 1. The van der Waals surface area contributed by atoms with E-state index < -0.39 is 0 Å². The van der Waals surface area contributed by atoms with Gasteiger partial charge in [-0.15, -0.1) is 0 Å². The predicted molar refractivity (Wildman–Crippen MR) is 79.1 cm³/mol. The van der Waals surface area contributed by atoms with E-state index in [1.807, 2.05) is 19.9 Å². The second kappa shape index (κ2) is 6.57. The number of halogens is 1. The first-order chi connectivity index (χ1) is 9.54. The number of hydrogen-bond acceptors (Lipinski definition) is 4. The van der Waals surface area contributed by atoms with E-state index in [0.29, 0.717) is 36.1 Å². The number of carbonyl (C=O) groups excluding carboxylic acids is 1. The van der Waals surface area contributed by atoms with Gasteiger partial charge >= 0.3 is 0 Å². The fourth-order valence-electron chi connectivity index (χ4n) is 2.47. The summed E-state index contributed by atoms with van der Waals surface area (Å²) >= 11 is 6.26. The van der Waals surface area contributed by atoms with Gasteiger partial charge in [-0.3, -0.25) is 9.69 Å². The first-order valence-electron chi connectivity index (χ1n) is 6.71. The van der Waals surface area contributed by atoms with Crippen molar-refractivity contribution in [1.29, 1.82) is 0 Å². The van der Waals surface area contributed by atoms with Crippen molar-refractivity contribution in [2.45, 2.75) is 13.8 Å². The number of carbonyl (C=O) groups is 1. The number of ketones is 1. The molecule has 1 aromatic carbocycles. The molecule has 4 nitrogen and oxygen atoms in total. The number of Topliss-reactive ketones (excluding diaryl/α,β-unsaturated/α-hetero) is 1. The Balaban J connectivity index is 2.26. The van der Waals surface area contributed by atoms with Crippen LogP contribution in [0.2, 0.25) is 5.02 Å². The van der Waals surface area contributed by atoms with Gasteiger partial charge in [0, 0.05) is 18.1 Å². The van der Waals surface area contributed by atoms with E-state index in [9.17, 15) is 4.79 Å². The molecule has 1 aliphatic heterocycles. The van der Waals surface area contributed by atoms with Crippen molar-refractivity contribution >= 4 is 17.4 Å². The zero-order valence-corrected chi connectivity index (χ0v) is 12.9. The van der Waals surface area contributed by atoms with Crippen LogP contribution in [0.5, 0.6) is 5.75 Å². The predicted octanol–water partition coefficient (Wildman–Crippen LogP) is 2.48. The largest absolute Gasteiger partial charge is 0.496 e. The summed E-state index contributed by atoms with van der Waals surface area (Å²) in [6.07, 6.45) is 0. The molecule has 0 aromatic heterocycles. The van der Waals surface area contributed by atoms with Gasteiger partial charge in [-0.25, -0.2) is 0 Å². The molecule has 0 amide bonds. The zero-order valence-electron chi connectivity index (χ0n) is 12.2. The number of methoxy groups -OCH3 is 1.